The fourth-order valence-electron chi connectivity index (χ4n) is 4.52. The number of hydrogen-bond acceptors (Lipinski definition) is 5. The van der Waals surface area contributed by atoms with Crippen molar-refractivity contribution in [2.45, 2.75) is 37.3 Å². The van der Waals surface area contributed by atoms with Crippen molar-refractivity contribution in [3.63, 3.8) is 0 Å². The van der Waals surface area contributed by atoms with Crippen molar-refractivity contribution in [1.82, 2.24) is 9.21 Å². The van der Waals surface area contributed by atoms with Crippen molar-refractivity contribution >= 4 is 21.6 Å². The first kappa shape index (κ1) is 26.3. The summed E-state index contributed by atoms with van der Waals surface area (Å²) in [7, 11) is -3.55. The van der Waals surface area contributed by atoms with E-state index >= 15 is 0 Å². The highest BCUT2D eigenvalue weighted by molar-refractivity contribution is 7.89. The molecule has 2 aliphatic rings. The van der Waals surface area contributed by atoms with Crippen molar-refractivity contribution in [2.75, 3.05) is 50.8 Å². The molecule has 2 saturated heterocycles. The van der Waals surface area contributed by atoms with E-state index in [0.29, 0.717) is 56.3 Å². The van der Waals surface area contributed by atoms with Crippen LogP contribution < -0.4 is 9.64 Å². The number of anilines is 1. The van der Waals surface area contributed by atoms with Crippen LogP contribution in [0.3, 0.4) is 0 Å². The van der Waals surface area contributed by atoms with Gasteiger partial charge in [0.1, 0.15) is 5.75 Å². The Bertz CT molecular complexity index is 1190. The number of benzene rings is 2. The maximum Gasteiger partial charge on any atom is 0.416 e. The Morgan fingerprint density at radius 1 is 0.944 bits per heavy atom. The number of alkyl halides is 3. The van der Waals surface area contributed by atoms with E-state index in [1.807, 2.05) is 4.90 Å². The minimum atomic E-state index is -4.40. The minimum absolute atomic E-state index is 0.206. The number of carbonyl (C=O) groups is 1. The van der Waals surface area contributed by atoms with E-state index in [0.717, 1.165) is 31.4 Å². The third-order valence-electron chi connectivity index (χ3n) is 6.62. The van der Waals surface area contributed by atoms with E-state index in [1.165, 1.54) is 16.4 Å². The standard InChI is InChI=1S/C25H30F3N3O4S/c1-19-16-22(36(33,34)31-10-3-2-4-11-31)8-9-23(19)35-18-24(32)30-14-12-29(13-15-30)21-7-5-6-20(17-21)25(26,27)28/h5-9,16-17H,2-4,10-15,18H2,1H3. The molecule has 0 aromatic heterocycles. The molecule has 36 heavy (non-hydrogen) atoms. The van der Waals surface area contributed by atoms with E-state index in [1.54, 1.807) is 30.0 Å². The summed E-state index contributed by atoms with van der Waals surface area (Å²) >= 11 is 0. The van der Waals surface area contributed by atoms with Gasteiger partial charge in [0.15, 0.2) is 6.61 Å². The lowest BCUT2D eigenvalue weighted by Crippen LogP contribution is -2.50. The number of amides is 1. The highest BCUT2D eigenvalue weighted by Crippen LogP contribution is 2.32. The number of hydrogen-bond donors (Lipinski definition) is 0. The number of sulfonamides is 1. The molecule has 0 spiro atoms. The van der Waals surface area contributed by atoms with Crippen LogP contribution in [0.15, 0.2) is 47.4 Å². The Labute approximate surface area is 209 Å². The number of piperidine rings is 1. The van der Waals surface area contributed by atoms with Crippen molar-refractivity contribution in [2.24, 2.45) is 0 Å². The second kappa shape index (κ2) is 10.7. The molecule has 0 radical (unpaired) electrons. The molecule has 0 aliphatic carbocycles. The van der Waals surface area contributed by atoms with Crippen molar-refractivity contribution in [1.29, 1.82) is 0 Å². The van der Waals surface area contributed by atoms with Gasteiger partial charge >= 0.3 is 6.18 Å². The molecular weight excluding hydrogens is 495 g/mol. The Morgan fingerprint density at radius 2 is 1.64 bits per heavy atom. The SMILES string of the molecule is Cc1cc(S(=O)(=O)N2CCCCC2)ccc1OCC(=O)N1CCN(c2cccc(C(F)(F)F)c2)CC1. The Balaban J connectivity index is 1.31. The lowest BCUT2D eigenvalue weighted by Gasteiger charge is -2.36. The predicted octanol–water partition coefficient (Wildman–Crippen LogP) is 3.92. The summed E-state index contributed by atoms with van der Waals surface area (Å²) in [5, 5.41) is 0. The summed E-state index contributed by atoms with van der Waals surface area (Å²) in [6.45, 7) is 4.13. The first-order valence-electron chi connectivity index (χ1n) is 12.0. The summed E-state index contributed by atoms with van der Waals surface area (Å²) in [5.41, 5.74) is 0.399. The Hall–Kier alpha value is -2.79. The van der Waals surface area contributed by atoms with E-state index in [4.69, 9.17) is 4.74 Å². The molecule has 2 aliphatic heterocycles. The molecule has 2 fully saturated rings. The fourth-order valence-corrected chi connectivity index (χ4v) is 6.13. The van der Waals surface area contributed by atoms with Gasteiger partial charge in [-0.15, -0.1) is 0 Å². The summed E-state index contributed by atoms with van der Waals surface area (Å²) in [6.07, 6.45) is -1.66. The van der Waals surface area contributed by atoms with E-state index < -0.39 is 21.8 Å². The van der Waals surface area contributed by atoms with Crippen LogP contribution in [0, 0.1) is 6.92 Å². The van der Waals surface area contributed by atoms with Gasteiger partial charge in [-0.2, -0.15) is 17.5 Å². The molecule has 2 heterocycles. The quantitative estimate of drug-likeness (QED) is 0.572. The Morgan fingerprint density at radius 3 is 2.28 bits per heavy atom. The predicted molar refractivity (Wildman–Crippen MR) is 130 cm³/mol. The maximum absolute atomic E-state index is 13.0. The normalized spacial score (nSPS) is 17.8. The number of nitrogens with zero attached hydrogens (tertiary/aromatic N) is 3. The molecule has 0 bridgehead atoms. The first-order valence-corrected chi connectivity index (χ1v) is 13.4. The molecule has 0 N–H and O–H groups in total. The smallest absolute Gasteiger partial charge is 0.416 e. The van der Waals surface area contributed by atoms with Gasteiger partial charge in [0.05, 0.1) is 10.5 Å². The third kappa shape index (κ3) is 5.95. The van der Waals surface area contributed by atoms with Gasteiger partial charge in [0.2, 0.25) is 10.0 Å². The molecule has 7 nitrogen and oxygen atoms in total. The summed E-state index contributed by atoms with van der Waals surface area (Å²) in [4.78, 5) is 16.3. The van der Waals surface area contributed by atoms with E-state index in [2.05, 4.69) is 0 Å². The van der Waals surface area contributed by atoms with Crippen LogP contribution in [0.5, 0.6) is 5.75 Å². The van der Waals surface area contributed by atoms with Gasteiger partial charge in [-0.1, -0.05) is 12.5 Å². The maximum atomic E-state index is 13.0. The van der Waals surface area contributed by atoms with Gasteiger partial charge in [-0.05, 0) is 61.7 Å². The largest absolute Gasteiger partial charge is 0.483 e. The molecule has 2 aromatic rings. The molecule has 196 valence electrons. The summed E-state index contributed by atoms with van der Waals surface area (Å²) < 4.78 is 72.0. The molecule has 2 aromatic carbocycles. The topological polar surface area (TPSA) is 70.2 Å². The number of halogens is 3. The molecule has 0 saturated carbocycles. The zero-order valence-electron chi connectivity index (χ0n) is 20.1. The molecule has 1 amide bonds. The number of piperazine rings is 1. The van der Waals surface area contributed by atoms with Crippen LogP contribution >= 0.6 is 0 Å². The first-order chi connectivity index (χ1) is 17.1. The van der Waals surface area contributed by atoms with Gasteiger partial charge in [-0.3, -0.25) is 4.79 Å². The molecule has 0 atom stereocenters. The highest BCUT2D eigenvalue weighted by atomic mass is 32.2. The fraction of sp³-hybridized carbons (Fsp3) is 0.480. The molecular formula is C25H30F3N3O4S. The average molecular weight is 526 g/mol. The van der Waals surface area contributed by atoms with Crippen LogP contribution in [0.25, 0.3) is 0 Å². The number of ether oxygens (including phenoxy) is 1. The zero-order valence-corrected chi connectivity index (χ0v) is 20.9. The second-order valence-corrected chi connectivity index (χ2v) is 11.0. The molecule has 4 rings (SSSR count). The van der Waals surface area contributed by atoms with Crippen LogP contribution in [-0.4, -0.2) is 69.4 Å². The second-order valence-electron chi connectivity index (χ2n) is 9.10. The highest BCUT2D eigenvalue weighted by Gasteiger charge is 2.31. The van der Waals surface area contributed by atoms with Crippen LogP contribution in [0.4, 0.5) is 18.9 Å². The average Bonchev–Trinajstić information content (AvgIpc) is 2.88. The van der Waals surface area contributed by atoms with Crippen molar-refractivity contribution in [3.8, 4) is 5.75 Å². The third-order valence-corrected chi connectivity index (χ3v) is 8.52. The summed E-state index contributed by atoms with van der Waals surface area (Å²) in [6, 6.07) is 9.83. The van der Waals surface area contributed by atoms with Crippen LogP contribution in [0.2, 0.25) is 0 Å². The monoisotopic (exact) mass is 525 g/mol. The lowest BCUT2D eigenvalue weighted by molar-refractivity contribution is -0.137. The van der Waals surface area contributed by atoms with Crippen molar-refractivity contribution in [3.05, 3.63) is 53.6 Å². The minimum Gasteiger partial charge on any atom is -0.483 e. The van der Waals surface area contributed by atoms with Gasteiger partial charge < -0.3 is 14.5 Å². The number of rotatable bonds is 6. The van der Waals surface area contributed by atoms with Crippen molar-refractivity contribution < 1.29 is 31.1 Å². The molecule has 0 unspecified atom stereocenters. The van der Waals surface area contributed by atoms with Gasteiger partial charge in [0, 0.05) is 45.0 Å². The van der Waals surface area contributed by atoms with E-state index in [-0.39, 0.29) is 17.4 Å². The number of carbonyl (C=O) groups excluding carboxylic acids is 1. The Kier molecular flexibility index (Phi) is 7.79. The van der Waals surface area contributed by atoms with Gasteiger partial charge in [0.25, 0.3) is 5.91 Å². The van der Waals surface area contributed by atoms with E-state index in [9.17, 15) is 26.4 Å². The van der Waals surface area contributed by atoms with Gasteiger partial charge in [-0.25, -0.2) is 8.42 Å². The number of aryl methyl sites for hydroxylation is 1. The zero-order chi connectivity index (χ0) is 25.9. The summed E-state index contributed by atoms with van der Waals surface area (Å²) in [5.74, 6) is 0.201. The molecule has 11 heteroatoms. The van der Waals surface area contributed by atoms with Crippen LogP contribution in [0.1, 0.15) is 30.4 Å². The lowest BCUT2D eigenvalue weighted by atomic mass is 10.1. The van der Waals surface area contributed by atoms with Crippen LogP contribution in [-0.2, 0) is 21.0 Å².